The van der Waals surface area contributed by atoms with E-state index >= 15 is 0 Å². The number of para-hydroxylation sites is 1. The molecule has 23 heavy (non-hydrogen) atoms. The summed E-state index contributed by atoms with van der Waals surface area (Å²) in [5, 5.41) is 9.85. The van der Waals surface area contributed by atoms with Crippen molar-refractivity contribution in [2.45, 2.75) is 13.0 Å². The van der Waals surface area contributed by atoms with E-state index < -0.39 is 11.9 Å². The van der Waals surface area contributed by atoms with Crippen LogP contribution >= 0.6 is 0 Å². The van der Waals surface area contributed by atoms with Crippen molar-refractivity contribution in [3.05, 3.63) is 59.7 Å². The molecule has 1 atom stereocenters. The molecule has 0 saturated heterocycles. The van der Waals surface area contributed by atoms with Gasteiger partial charge in [-0.05, 0) is 19.1 Å². The second-order valence-corrected chi connectivity index (χ2v) is 5.28. The van der Waals surface area contributed by atoms with Crippen molar-refractivity contribution in [1.82, 2.24) is 4.90 Å². The molecule has 0 aliphatic heterocycles. The Balaban J connectivity index is 1.84. The Labute approximate surface area is 131 Å². The number of aromatic carboxylic acids is 1. The number of carboxylic acid groups (broad SMARTS) is 1. The number of hydrogen-bond acceptors (Lipinski definition) is 4. The third-order valence-electron chi connectivity index (χ3n) is 3.81. The van der Waals surface area contributed by atoms with Crippen LogP contribution in [-0.2, 0) is 0 Å². The maximum atomic E-state index is 12.4. The Bertz CT molecular complexity index is 843. The fraction of sp³-hybridized carbons (Fsp3) is 0.176. The summed E-state index contributed by atoms with van der Waals surface area (Å²) in [5.74, 6) is -0.925. The largest absolute Gasteiger partial charge is 0.478 e. The lowest BCUT2D eigenvalue weighted by atomic mass is 10.2. The summed E-state index contributed by atoms with van der Waals surface area (Å²) in [6, 6.07) is 10.4. The van der Waals surface area contributed by atoms with Gasteiger partial charge in [0.25, 0.3) is 5.91 Å². The zero-order valence-electron chi connectivity index (χ0n) is 12.6. The predicted octanol–water partition coefficient (Wildman–Crippen LogP) is 3.56. The van der Waals surface area contributed by atoms with E-state index in [1.54, 1.807) is 7.05 Å². The zero-order valence-corrected chi connectivity index (χ0v) is 12.6. The molecule has 1 amide bonds. The highest BCUT2D eigenvalue weighted by atomic mass is 16.4. The van der Waals surface area contributed by atoms with Gasteiger partial charge in [-0.3, -0.25) is 4.79 Å². The molecular weight excluding hydrogens is 298 g/mol. The topological polar surface area (TPSA) is 83.9 Å². The second-order valence-electron chi connectivity index (χ2n) is 5.28. The van der Waals surface area contributed by atoms with Crippen LogP contribution in [-0.4, -0.2) is 28.9 Å². The van der Waals surface area contributed by atoms with Gasteiger partial charge >= 0.3 is 5.97 Å². The Hall–Kier alpha value is -3.02. The Morgan fingerprint density at radius 1 is 1.22 bits per heavy atom. The van der Waals surface area contributed by atoms with Crippen LogP contribution in [0, 0.1) is 0 Å². The molecule has 0 bridgehead atoms. The van der Waals surface area contributed by atoms with Crippen LogP contribution in [0.5, 0.6) is 0 Å². The van der Waals surface area contributed by atoms with Gasteiger partial charge in [0, 0.05) is 18.5 Å². The Morgan fingerprint density at radius 3 is 2.61 bits per heavy atom. The molecule has 118 valence electrons. The van der Waals surface area contributed by atoms with Crippen molar-refractivity contribution in [3.63, 3.8) is 0 Å². The summed E-state index contributed by atoms with van der Waals surface area (Å²) < 4.78 is 10.8. The van der Waals surface area contributed by atoms with E-state index in [0.717, 1.165) is 17.2 Å². The normalized spacial score (nSPS) is 12.3. The highest BCUT2D eigenvalue weighted by molar-refractivity contribution is 5.95. The summed E-state index contributed by atoms with van der Waals surface area (Å²) in [5.41, 5.74) is 0.694. The summed E-state index contributed by atoms with van der Waals surface area (Å²) in [6.07, 6.45) is 1.05. The Kier molecular flexibility index (Phi) is 3.65. The lowest BCUT2D eigenvalue weighted by Gasteiger charge is -2.22. The first-order valence-corrected chi connectivity index (χ1v) is 7.05. The molecule has 0 saturated carbocycles. The van der Waals surface area contributed by atoms with E-state index in [4.69, 9.17) is 13.9 Å². The molecule has 1 aromatic carbocycles. The summed E-state index contributed by atoms with van der Waals surface area (Å²) in [4.78, 5) is 24.7. The van der Waals surface area contributed by atoms with E-state index in [0.29, 0.717) is 5.76 Å². The number of amides is 1. The van der Waals surface area contributed by atoms with Gasteiger partial charge in [0.2, 0.25) is 0 Å². The first-order valence-electron chi connectivity index (χ1n) is 7.05. The molecule has 0 aliphatic rings. The minimum Gasteiger partial charge on any atom is -0.478 e. The van der Waals surface area contributed by atoms with Crippen LogP contribution < -0.4 is 0 Å². The maximum absolute atomic E-state index is 12.4. The number of carboxylic acids is 1. The molecule has 1 unspecified atom stereocenters. The standard InChI is InChI=1S/C17H15NO5/c1-10(14-7-11-5-3-4-6-13(11)23-14)18(2)16(19)15-8-12(9-22-15)17(20)21/h3-10H,1-2H3,(H,20,21). The molecule has 0 spiro atoms. The number of benzene rings is 1. The van der Waals surface area contributed by atoms with Crippen molar-refractivity contribution in [2.75, 3.05) is 7.05 Å². The van der Waals surface area contributed by atoms with Gasteiger partial charge in [-0.2, -0.15) is 0 Å². The number of furan rings is 2. The summed E-state index contributed by atoms with van der Waals surface area (Å²) in [6.45, 7) is 1.83. The second kappa shape index (κ2) is 5.64. The van der Waals surface area contributed by atoms with Crippen molar-refractivity contribution in [3.8, 4) is 0 Å². The van der Waals surface area contributed by atoms with Crippen molar-refractivity contribution >= 4 is 22.8 Å². The minimum absolute atomic E-state index is 0.0205. The molecule has 0 aliphatic carbocycles. The predicted molar refractivity (Wildman–Crippen MR) is 82.4 cm³/mol. The monoisotopic (exact) mass is 313 g/mol. The van der Waals surface area contributed by atoms with Gasteiger partial charge in [0.05, 0.1) is 11.6 Å². The summed E-state index contributed by atoms with van der Waals surface area (Å²) >= 11 is 0. The highest BCUT2D eigenvalue weighted by Crippen LogP contribution is 2.27. The average Bonchev–Trinajstić information content (AvgIpc) is 3.19. The Morgan fingerprint density at radius 2 is 1.96 bits per heavy atom. The number of hydrogen-bond donors (Lipinski definition) is 1. The minimum atomic E-state index is -1.14. The van der Waals surface area contributed by atoms with Gasteiger partial charge in [-0.15, -0.1) is 0 Å². The van der Waals surface area contributed by atoms with Gasteiger partial charge in [0.1, 0.15) is 17.6 Å². The van der Waals surface area contributed by atoms with E-state index in [-0.39, 0.29) is 17.4 Å². The third-order valence-corrected chi connectivity index (χ3v) is 3.81. The van der Waals surface area contributed by atoms with Crippen LogP contribution in [0.2, 0.25) is 0 Å². The fourth-order valence-electron chi connectivity index (χ4n) is 2.31. The van der Waals surface area contributed by atoms with E-state index in [9.17, 15) is 9.59 Å². The number of fused-ring (bicyclic) bond motifs is 1. The molecule has 2 aromatic heterocycles. The van der Waals surface area contributed by atoms with Crippen LogP contribution in [0.3, 0.4) is 0 Å². The maximum Gasteiger partial charge on any atom is 0.338 e. The zero-order chi connectivity index (χ0) is 16.6. The molecular formula is C17H15NO5. The smallest absolute Gasteiger partial charge is 0.338 e. The number of carbonyl (C=O) groups is 2. The fourth-order valence-corrected chi connectivity index (χ4v) is 2.31. The number of rotatable bonds is 4. The van der Waals surface area contributed by atoms with E-state index in [1.165, 1.54) is 11.0 Å². The third kappa shape index (κ3) is 2.70. The quantitative estimate of drug-likeness (QED) is 0.796. The molecule has 1 N–H and O–H groups in total. The van der Waals surface area contributed by atoms with Crippen molar-refractivity contribution in [1.29, 1.82) is 0 Å². The van der Waals surface area contributed by atoms with Gasteiger partial charge < -0.3 is 18.8 Å². The van der Waals surface area contributed by atoms with E-state index in [1.807, 2.05) is 37.3 Å². The first-order chi connectivity index (χ1) is 11.0. The van der Waals surface area contributed by atoms with Crippen LogP contribution in [0.25, 0.3) is 11.0 Å². The van der Waals surface area contributed by atoms with Crippen molar-refractivity contribution in [2.24, 2.45) is 0 Å². The van der Waals surface area contributed by atoms with Crippen LogP contribution in [0.1, 0.15) is 39.6 Å². The highest BCUT2D eigenvalue weighted by Gasteiger charge is 2.24. The van der Waals surface area contributed by atoms with E-state index in [2.05, 4.69) is 0 Å². The summed E-state index contributed by atoms with van der Waals surface area (Å²) in [7, 11) is 1.61. The average molecular weight is 313 g/mol. The molecule has 6 heteroatoms. The SMILES string of the molecule is CC(c1cc2ccccc2o1)N(C)C(=O)c1cc(C(=O)O)co1. The lowest BCUT2D eigenvalue weighted by Crippen LogP contribution is -2.29. The number of nitrogens with zero attached hydrogens (tertiary/aromatic N) is 1. The molecule has 0 radical (unpaired) electrons. The first kappa shape index (κ1) is 14.9. The molecule has 2 heterocycles. The lowest BCUT2D eigenvalue weighted by molar-refractivity contribution is 0.0687. The number of carbonyl (C=O) groups excluding carboxylic acids is 1. The van der Waals surface area contributed by atoms with Gasteiger partial charge in [-0.1, -0.05) is 18.2 Å². The van der Waals surface area contributed by atoms with Crippen molar-refractivity contribution < 1.29 is 23.5 Å². The van der Waals surface area contributed by atoms with Crippen LogP contribution in [0.15, 0.2) is 51.5 Å². The van der Waals surface area contributed by atoms with Gasteiger partial charge in [-0.25, -0.2) is 4.79 Å². The molecule has 0 fully saturated rings. The molecule has 6 nitrogen and oxygen atoms in total. The molecule has 3 aromatic rings. The van der Waals surface area contributed by atoms with Crippen LogP contribution in [0.4, 0.5) is 0 Å². The van der Waals surface area contributed by atoms with Gasteiger partial charge in [0.15, 0.2) is 5.76 Å². The molecule has 3 rings (SSSR count).